The number of carbonyl (C=O) groups is 1. The fraction of sp³-hybridized carbons (Fsp3) is 0.632. The minimum atomic E-state index is -0.00306. The standard InChI is InChI=1S/C19H28N4O3/c24-19(20-18-2-1-16-14-26-15-17(16)13-18)23-7-5-21(6-8-23)3-4-22-9-11-25-12-10-22/h1-2,13H,3-12,14-15H2,(H,20,24). The number of hydrogen-bond acceptors (Lipinski definition) is 5. The molecule has 1 N–H and O–H groups in total. The molecule has 0 unspecified atom stereocenters. The van der Waals surface area contributed by atoms with E-state index in [0.29, 0.717) is 13.2 Å². The highest BCUT2D eigenvalue weighted by molar-refractivity contribution is 5.89. The minimum Gasteiger partial charge on any atom is -0.379 e. The molecule has 0 aliphatic carbocycles. The van der Waals surface area contributed by atoms with E-state index < -0.39 is 0 Å². The van der Waals surface area contributed by atoms with Crippen LogP contribution in [0.15, 0.2) is 18.2 Å². The summed E-state index contributed by atoms with van der Waals surface area (Å²) in [4.78, 5) is 19.3. The van der Waals surface area contributed by atoms with Crippen molar-refractivity contribution >= 4 is 11.7 Å². The molecule has 4 rings (SSSR count). The molecule has 3 heterocycles. The molecule has 3 aliphatic rings. The highest BCUT2D eigenvalue weighted by Crippen LogP contribution is 2.23. The Morgan fingerprint density at radius 3 is 2.35 bits per heavy atom. The first-order valence-electron chi connectivity index (χ1n) is 9.56. The van der Waals surface area contributed by atoms with Crippen LogP contribution in [-0.2, 0) is 22.7 Å². The van der Waals surface area contributed by atoms with E-state index in [9.17, 15) is 4.79 Å². The molecule has 1 aromatic carbocycles. The lowest BCUT2D eigenvalue weighted by Gasteiger charge is -2.36. The van der Waals surface area contributed by atoms with Crippen LogP contribution in [0, 0.1) is 0 Å². The molecule has 2 amide bonds. The van der Waals surface area contributed by atoms with Gasteiger partial charge in [0.2, 0.25) is 0 Å². The number of carbonyl (C=O) groups excluding carboxylic acids is 1. The lowest BCUT2D eigenvalue weighted by atomic mass is 10.1. The average Bonchev–Trinajstić information content (AvgIpc) is 3.15. The number of benzene rings is 1. The Labute approximate surface area is 154 Å². The quantitative estimate of drug-likeness (QED) is 0.874. The van der Waals surface area contributed by atoms with Crippen LogP contribution >= 0.6 is 0 Å². The minimum absolute atomic E-state index is 0.00306. The summed E-state index contributed by atoms with van der Waals surface area (Å²) in [6, 6.07) is 6.03. The van der Waals surface area contributed by atoms with Gasteiger partial charge in [0.25, 0.3) is 0 Å². The molecule has 2 saturated heterocycles. The number of amides is 2. The summed E-state index contributed by atoms with van der Waals surface area (Å²) < 4.78 is 10.8. The van der Waals surface area contributed by atoms with Crippen molar-refractivity contribution in [3.8, 4) is 0 Å². The molecule has 0 aromatic heterocycles. The Balaban J connectivity index is 1.21. The van der Waals surface area contributed by atoms with Crippen LogP contribution in [0.3, 0.4) is 0 Å². The Hall–Kier alpha value is -1.67. The Bertz CT molecular complexity index is 625. The molecule has 1 aromatic rings. The molecule has 0 saturated carbocycles. The second-order valence-corrected chi connectivity index (χ2v) is 7.19. The summed E-state index contributed by atoms with van der Waals surface area (Å²) >= 11 is 0. The van der Waals surface area contributed by atoms with Crippen molar-refractivity contribution < 1.29 is 14.3 Å². The maximum Gasteiger partial charge on any atom is 0.321 e. The van der Waals surface area contributed by atoms with Gasteiger partial charge in [-0.15, -0.1) is 0 Å². The fourth-order valence-corrected chi connectivity index (χ4v) is 3.73. The Morgan fingerprint density at radius 1 is 0.885 bits per heavy atom. The predicted molar refractivity (Wildman–Crippen MR) is 99.2 cm³/mol. The number of anilines is 1. The molecule has 142 valence electrons. The number of morpholine rings is 1. The predicted octanol–water partition coefficient (Wildman–Crippen LogP) is 1.20. The van der Waals surface area contributed by atoms with Crippen LogP contribution in [0.1, 0.15) is 11.1 Å². The molecule has 7 nitrogen and oxygen atoms in total. The summed E-state index contributed by atoms with van der Waals surface area (Å²) in [5.41, 5.74) is 3.25. The van der Waals surface area contributed by atoms with Crippen LogP contribution in [-0.4, -0.2) is 86.3 Å². The smallest absolute Gasteiger partial charge is 0.321 e. The van der Waals surface area contributed by atoms with E-state index in [2.05, 4.69) is 15.1 Å². The summed E-state index contributed by atoms with van der Waals surface area (Å²) in [6.07, 6.45) is 0. The van der Waals surface area contributed by atoms with Crippen LogP contribution in [0.25, 0.3) is 0 Å². The van der Waals surface area contributed by atoms with Gasteiger partial charge in [-0.05, 0) is 23.3 Å². The van der Waals surface area contributed by atoms with Crippen molar-refractivity contribution in [3.63, 3.8) is 0 Å². The van der Waals surface area contributed by atoms with Gasteiger partial charge in [0, 0.05) is 58.0 Å². The van der Waals surface area contributed by atoms with Gasteiger partial charge in [-0.3, -0.25) is 9.80 Å². The monoisotopic (exact) mass is 360 g/mol. The van der Waals surface area contributed by atoms with Crippen molar-refractivity contribution in [2.24, 2.45) is 0 Å². The van der Waals surface area contributed by atoms with E-state index in [0.717, 1.165) is 71.3 Å². The van der Waals surface area contributed by atoms with E-state index in [1.807, 2.05) is 23.1 Å². The van der Waals surface area contributed by atoms with E-state index in [1.54, 1.807) is 0 Å². The number of piperazine rings is 1. The molecular formula is C19H28N4O3. The average molecular weight is 360 g/mol. The number of nitrogens with one attached hydrogen (secondary N) is 1. The second kappa shape index (κ2) is 8.35. The van der Waals surface area contributed by atoms with Gasteiger partial charge in [0.05, 0.1) is 26.4 Å². The third-order valence-electron chi connectivity index (χ3n) is 5.47. The van der Waals surface area contributed by atoms with Gasteiger partial charge in [-0.25, -0.2) is 4.79 Å². The zero-order valence-electron chi connectivity index (χ0n) is 15.3. The number of nitrogens with zero attached hydrogens (tertiary/aromatic N) is 3. The SMILES string of the molecule is O=C(Nc1ccc2c(c1)COC2)N1CCN(CCN2CCOCC2)CC1. The van der Waals surface area contributed by atoms with Crippen molar-refractivity contribution in [3.05, 3.63) is 29.3 Å². The number of hydrogen-bond donors (Lipinski definition) is 1. The third-order valence-corrected chi connectivity index (χ3v) is 5.47. The second-order valence-electron chi connectivity index (χ2n) is 7.19. The van der Waals surface area contributed by atoms with Crippen molar-refractivity contribution in [1.29, 1.82) is 0 Å². The lowest BCUT2D eigenvalue weighted by Crippen LogP contribution is -2.51. The Kier molecular flexibility index (Phi) is 5.69. The van der Waals surface area contributed by atoms with Gasteiger partial charge in [0.15, 0.2) is 0 Å². The highest BCUT2D eigenvalue weighted by atomic mass is 16.5. The highest BCUT2D eigenvalue weighted by Gasteiger charge is 2.22. The molecule has 0 radical (unpaired) electrons. The molecule has 0 spiro atoms. The van der Waals surface area contributed by atoms with E-state index in [4.69, 9.17) is 9.47 Å². The number of fused-ring (bicyclic) bond motifs is 1. The normalized spacial score (nSPS) is 21.6. The topological polar surface area (TPSA) is 57.3 Å². The maximum atomic E-state index is 12.5. The molecule has 0 bridgehead atoms. The maximum absolute atomic E-state index is 12.5. The lowest BCUT2D eigenvalue weighted by molar-refractivity contribution is 0.0311. The van der Waals surface area contributed by atoms with Crippen LogP contribution < -0.4 is 5.32 Å². The molecule has 7 heteroatoms. The molecule has 2 fully saturated rings. The third kappa shape index (κ3) is 4.35. The largest absolute Gasteiger partial charge is 0.379 e. The van der Waals surface area contributed by atoms with E-state index in [1.165, 1.54) is 11.1 Å². The fourth-order valence-electron chi connectivity index (χ4n) is 3.73. The Morgan fingerprint density at radius 2 is 1.58 bits per heavy atom. The number of urea groups is 1. The number of ether oxygens (including phenoxy) is 2. The first-order valence-corrected chi connectivity index (χ1v) is 9.56. The summed E-state index contributed by atoms with van der Waals surface area (Å²) in [6.45, 7) is 10.7. The van der Waals surface area contributed by atoms with E-state index in [-0.39, 0.29) is 6.03 Å². The van der Waals surface area contributed by atoms with Crippen molar-refractivity contribution in [2.45, 2.75) is 13.2 Å². The van der Waals surface area contributed by atoms with Crippen LogP contribution in [0.2, 0.25) is 0 Å². The van der Waals surface area contributed by atoms with Crippen molar-refractivity contribution in [1.82, 2.24) is 14.7 Å². The summed E-state index contributed by atoms with van der Waals surface area (Å²) in [5.74, 6) is 0. The van der Waals surface area contributed by atoms with Gasteiger partial charge < -0.3 is 19.7 Å². The molecule has 26 heavy (non-hydrogen) atoms. The first-order chi connectivity index (χ1) is 12.8. The summed E-state index contributed by atoms with van der Waals surface area (Å²) in [7, 11) is 0. The van der Waals surface area contributed by atoms with Gasteiger partial charge in [-0.1, -0.05) is 6.07 Å². The van der Waals surface area contributed by atoms with Gasteiger partial charge in [-0.2, -0.15) is 0 Å². The first kappa shape index (κ1) is 17.7. The molecule has 0 atom stereocenters. The van der Waals surface area contributed by atoms with E-state index >= 15 is 0 Å². The molecule has 3 aliphatic heterocycles. The summed E-state index contributed by atoms with van der Waals surface area (Å²) in [5, 5.41) is 3.03. The zero-order chi connectivity index (χ0) is 17.8. The van der Waals surface area contributed by atoms with Gasteiger partial charge in [0.1, 0.15) is 0 Å². The van der Waals surface area contributed by atoms with Crippen LogP contribution in [0.4, 0.5) is 10.5 Å². The number of rotatable bonds is 4. The van der Waals surface area contributed by atoms with Crippen molar-refractivity contribution in [2.75, 3.05) is 70.9 Å². The van der Waals surface area contributed by atoms with Crippen LogP contribution in [0.5, 0.6) is 0 Å². The zero-order valence-corrected chi connectivity index (χ0v) is 15.3. The van der Waals surface area contributed by atoms with Gasteiger partial charge >= 0.3 is 6.03 Å². The molecular weight excluding hydrogens is 332 g/mol.